The fourth-order valence-corrected chi connectivity index (χ4v) is 1.82. The van der Waals surface area contributed by atoms with E-state index in [9.17, 15) is 4.79 Å². The van der Waals surface area contributed by atoms with Crippen molar-refractivity contribution >= 4 is 12.0 Å². The third-order valence-electron chi connectivity index (χ3n) is 2.94. The van der Waals surface area contributed by atoms with Gasteiger partial charge in [-0.25, -0.2) is 4.79 Å². The van der Waals surface area contributed by atoms with Gasteiger partial charge >= 0.3 is 5.97 Å². The van der Waals surface area contributed by atoms with Crippen molar-refractivity contribution in [2.24, 2.45) is 0 Å². The summed E-state index contributed by atoms with van der Waals surface area (Å²) in [6.07, 6.45) is 8.69. The van der Waals surface area contributed by atoms with Gasteiger partial charge in [-0.15, -0.1) is 6.58 Å². The molecule has 0 fully saturated rings. The number of carboxylic acid groups (broad SMARTS) is 1. The lowest BCUT2D eigenvalue weighted by Crippen LogP contribution is -1.99. The summed E-state index contributed by atoms with van der Waals surface area (Å²) in [7, 11) is 1.58. The Morgan fingerprint density at radius 3 is 2.81 bits per heavy atom. The first-order valence-electron chi connectivity index (χ1n) is 7.00. The number of unbranched alkanes of at least 4 members (excludes halogenated alkanes) is 3. The highest BCUT2D eigenvalue weighted by Gasteiger charge is 2.04. The van der Waals surface area contributed by atoms with Crippen LogP contribution in [0.25, 0.3) is 6.08 Å². The van der Waals surface area contributed by atoms with Crippen LogP contribution in [0.5, 0.6) is 11.5 Å². The molecule has 0 aromatic heterocycles. The second-order valence-corrected chi connectivity index (χ2v) is 4.56. The minimum absolute atomic E-state index is 0.595. The molecule has 21 heavy (non-hydrogen) atoms. The Hall–Kier alpha value is -2.23. The molecular weight excluding hydrogens is 268 g/mol. The SMILES string of the molecule is C=CCCCCCOc1cc(OC)ccc1/C=C/C(=O)O. The van der Waals surface area contributed by atoms with Gasteiger partial charge in [0.2, 0.25) is 0 Å². The average molecular weight is 290 g/mol. The number of carbonyl (C=O) groups is 1. The monoisotopic (exact) mass is 290 g/mol. The predicted molar refractivity (Wildman–Crippen MR) is 83.8 cm³/mol. The fraction of sp³-hybridized carbons (Fsp3) is 0.353. The van der Waals surface area contributed by atoms with Crippen LogP contribution < -0.4 is 9.47 Å². The van der Waals surface area contributed by atoms with Crippen molar-refractivity contribution < 1.29 is 19.4 Å². The Labute approximate surface area is 125 Å². The Bertz CT molecular complexity index is 492. The van der Waals surface area contributed by atoms with Gasteiger partial charge in [0.1, 0.15) is 11.5 Å². The van der Waals surface area contributed by atoms with Gasteiger partial charge in [-0.05, 0) is 43.9 Å². The summed E-state index contributed by atoms with van der Waals surface area (Å²) in [5.74, 6) is 0.334. The molecule has 0 aliphatic carbocycles. The molecule has 0 atom stereocenters. The van der Waals surface area contributed by atoms with Gasteiger partial charge in [0.05, 0.1) is 13.7 Å². The molecule has 1 aromatic rings. The Morgan fingerprint density at radius 2 is 2.14 bits per heavy atom. The maximum absolute atomic E-state index is 10.6. The van der Waals surface area contributed by atoms with Crippen LogP contribution in [0.3, 0.4) is 0 Å². The summed E-state index contributed by atoms with van der Waals surface area (Å²) >= 11 is 0. The molecule has 0 aliphatic heterocycles. The Balaban J connectivity index is 2.63. The van der Waals surface area contributed by atoms with Gasteiger partial charge in [0.25, 0.3) is 0 Å². The maximum atomic E-state index is 10.6. The molecule has 0 saturated heterocycles. The van der Waals surface area contributed by atoms with E-state index in [4.69, 9.17) is 14.6 Å². The topological polar surface area (TPSA) is 55.8 Å². The molecule has 0 aliphatic rings. The summed E-state index contributed by atoms with van der Waals surface area (Å²) in [6, 6.07) is 5.33. The Morgan fingerprint density at radius 1 is 1.33 bits per heavy atom. The molecule has 114 valence electrons. The van der Waals surface area contributed by atoms with Crippen molar-refractivity contribution in [1.29, 1.82) is 0 Å². The molecule has 1 aromatic carbocycles. The predicted octanol–water partition coefficient (Wildman–Crippen LogP) is 3.92. The molecule has 4 nitrogen and oxygen atoms in total. The van der Waals surface area contributed by atoms with E-state index < -0.39 is 5.97 Å². The third-order valence-corrected chi connectivity index (χ3v) is 2.94. The zero-order valence-electron chi connectivity index (χ0n) is 12.4. The van der Waals surface area contributed by atoms with E-state index in [0.29, 0.717) is 18.1 Å². The lowest BCUT2D eigenvalue weighted by molar-refractivity contribution is -0.131. The van der Waals surface area contributed by atoms with Crippen LogP contribution in [0.2, 0.25) is 0 Å². The summed E-state index contributed by atoms with van der Waals surface area (Å²) in [5.41, 5.74) is 0.726. The first-order valence-corrected chi connectivity index (χ1v) is 7.00. The van der Waals surface area contributed by atoms with Gasteiger partial charge in [0, 0.05) is 17.7 Å². The smallest absolute Gasteiger partial charge is 0.328 e. The van der Waals surface area contributed by atoms with Gasteiger partial charge in [-0.3, -0.25) is 0 Å². The number of aliphatic carboxylic acids is 1. The van der Waals surface area contributed by atoms with E-state index in [1.54, 1.807) is 25.3 Å². The standard InChI is InChI=1S/C17H22O4/c1-3-4-5-6-7-12-21-16-13-15(20-2)10-8-14(16)9-11-17(18)19/h3,8-11,13H,1,4-7,12H2,2H3,(H,18,19)/b11-9+. The number of hydrogen-bond donors (Lipinski definition) is 1. The number of carboxylic acids is 1. The first kappa shape index (κ1) is 16.8. The van der Waals surface area contributed by atoms with Gasteiger partial charge < -0.3 is 14.6 Å². The van der Waals surface area contributed by atoms with E-state index in [1.807, 2.05) is 6.08 Å². The molecule has 4 heteroatoms. The molecule has 0 unspecified atom stereocenters. The summed E-state index contributed by atoms with van der Waals surface area (Å²) in [4.78, 5) is 10.6. The van der Waals surface area contributed by atoms with E-state index in [-0.39, 0.29) is 0 Å². The number of allylic oxidation sites excluding steroid dienone is 1. The van der Waals surface area contributed by atoms with Gasteiger partial charge in [-0.1, -0.05) is 6.08 Å². The molecule has 1 N–H and O–H groups in total. The molecule has 0 radical (unpaired) electrons. The lowest BCUT2D eigenvalue weighted by Gasteiger charge is -2.11. The molecule has 0 heterocycles. The van der Waals surface area contributed by atoms with Crippen LogP contribution in [0.1, 0.15) is 31.2 Å². The van der Waals surface area contributed by atoms with Crippen molar-refractivity contribution in [1.82, 2.24) is 0 Å². The van der Waals surface area contributed by atoms with E-state index in [1.165, 1.54) is 6.08 Å². The van der Waals surface area contributed by atoms with E-state index in [2.05, 4.69) is 6.58 Å². The molecule has 0 spiro atoms. The normalized spacial score (nSPS) is 10.5. The van der Waals surface area contributed by atoms with Crippen molar-refractivity contribution in [3.8, 4) is 11.5 Å². The number of hydrogen-bond acceptors (Lipinski definition) is 3. The number of ether oxygens (including phenoxy) is 2. The van der Waals surface area contributed by atoms with Crippen molar-refractivity contribution in [2.45, 2.75) is 25.7 Å². The van der Waals surface area contributed by atoms with Crippen LogP contribution in [0.15, 0.2) is 36.9 Å². The second-order valence-electron chi connectivity index (χ2n) is 4.56. The largest absolute Gasteiger partial charge is 0.497 e. The zero-order valence-corrected chi connectivity index (χ0v) is 12.4. The van der Waals surface area contributed by atoms with Crippen LogP contribution in [0.4, 0.5) is 0 Å². The van der Waals surface area contributed by atoms with E-state index in [0.717, 1.165) is 37.3 Å². The number of rotatable bonds is 10. The van der Waals surface area contributed by atoms with Crippen molar-refractivity contribution in [3.05, 3.63) is 42.5 Å². The van der Waals surface area contributed by atoms with Gasteiger partial charge in [0.15, 0.2) is 0 Å². The van der Waals surface area contributed by atoms with Crippen LogP contribution in [-0.4, -0.2) is 24.8 Å². The lowest BCUT2D eigenvalue weighted by atomic mass is 10.1. The molecule has 0 bridgehead atoms. The van der Waals surface area contributed by atoms with E-state index >= 15 is 0 Å². The fourth-order valence-electron chi connectivity index (χ4n) is 1.82. The molecular formula is C17H22O4. The first-order chi connectivity index (χ1) is 10.2. The zero-order chi connectivity index (χ0) is 15.5. The highest BCUT2D eigenvalue weighted by Crippen LogP contribution is 2.26. The third kappa shape index (κ3) is 6.65. The highest BCUT2D eigenvalue weighted by atomic mass is 16.5. The minimum Gasteiger partial charge on any atom is -0.497 e. The van der Waals surface area contributed by atoms with Crippen molar-refractivity contribution in [2.75, 3.05) is 13.7 Å². The second kappa shape index (κ2) is 9.64. The number of methoxy groups -OCH3 is 1. The van der Waals surface area contributed by atoms with Crippen LogP contribution in [0, 0.1) is 0 Å². The summed E-state index contributed by atoms with van der Waals surface area (Å²) < 4.78 is 10.9. The highest BCUT2D eigenvalue weighted by molar-refractivity contribution is 5.86. The van der Waals surface area contributed by atoms with Crippen molar-refractivity contribution in [3.63, 3.8) is 0 Å². The molecule has 0 amide bonds. The maximum Gasteiger partial charge on any atom is 0.328 e. The van der Waals surface area contributed by atoms with Crippen LogP contribution in [-0.2, 0) is 4.79 Å². The summed E-state index contributed by atoms with van der Waals surface area (Å²) in [6.45, 7) is 4.29. The Kier molecular flexibility index (Phi) is 7.72. The van der Waals surface area contributed by atoms with Gasteiger partial charge in [-0.2, -0.15) is 0 Å². The van der Waals surface area contributed by atoms with Crippen LogP contribution >= 0.6 is 0 Å². The molecule has 0 saturated carbocycles. The minimum atomic E-state index is -0.985. The average Bonchev–Trinajstić information content (AvgIpc) is 2.49. The molecule has 1 rings (SSSR count). The summed E-state index contributed by atoms with van der Waals surface area (Å²) in [5, 5.41) is 8.70. The quantitative estimate of drug-likeness (QED) is 0.403. The number of benzene rings is 1.